The first-order valence-corrected chi connectivity index (χ1v) is 7.81. The third-order valence-electron chi connectivity index (χ3n) is 5.03. The number of methoxy groups -OCH3 is 2. The van der Waals surface area contributed by atoms with Gasteiger partial charge in [0.2, 0.25) is 0 Å². The Balaban J connectivity index is 2.22. The Hall–Kier alpha value is -1.22. The Morgan fingerprint density at radius 3 is 1.86 bits per heavy atom. The molecule has 0 atom stereocenters. The lowest BCUT2D eigenvalue weighted by Crippen LogP contribution is -2.42. The molecule has 1 aliphatic rings. The monoisotopic (exact) mass is 291 g/mol. The number of hydrogen-bond donors (Lipinski definition) is 1. The lowest BCUT2D eigenvalue weighted by atomic mass is 9.66. The number of benzene rings is 1. The van der Waals surface area contributed by atoms with Gasteiger partial charge in [-0.3, -0.25) is 0 Å². The third kappa shape index (κ3) is 3.52. The molecule has 2 N–H and O–H groups in total. The summed E-state index contributed by atoms with van der Waals surface area (Å²) < 4.78 is 10.7. The van der Waals surface area contributed by atoms with Gasteiger partial charge in [0.1, 0.15) is 11.5 Å². The Labute approximate surface area is 128 Å². The molecule has 0 unspecified atom stereocenters. The molecule has 0 saturated heterocycles. The van der Waals surface area contributed by atoms with Crippen LogP contribution in [0.3, 0.4) is 0 Å². The summed E-state index contributed by atoms with van der Waals surface area (Å²) in [7, 11) is 3.36. The van der Waals surface area contributed by atoms with Crippen molar-refractivity contribution in [3.05, 3.63) is 23.8 Å². The molecule has 0 spiro atoms. The highest BCUT2D eigenvalue weighted by Crippen LogP contribution is 2.45. The van der Waals surface area contributed by atoms with Crippen LogP contribution in [0.5, 0.6) is 11.5 Å². The van der Waals surface area contributed by atoms with Gasteiger partial charge in [0.25, 0.3) is 0 Å². The molecule has 3 nitrogen and oxygen atoms in total. The lowest BCUT2D eigenvalue weighted by molar-refractivity contribution is 0.133. The van der Waals surface area contributed by atoms with Gasteiger partial charge in [0.15, 0.2) is 0 Å². The van der Waals surface area contributed by atoms with Crippen molar-refractivity contribution >= 4 is 0 Å². The zero-order valence-corrected chi connectivity index (χ0v) is 14.0. The van der Waals surface area contributed by atoms with Gasteiger partial charge in [-0.1, -0.05) is 20.8 Å². The molecule has 118 valence electrons. The molecule has 2 rings (SSSR count). The molecule has 0 radical (unpaired) electrons. The summed E-state index contributed by atoms with van der Waals surface area (Å²) in [6, 6.07) is 6.01. The van der Waals surface area contributed by atoms with Crippen molar-refractivity contribution < 1.29 is 9.47 Å². The van der Waals surface area contributed by atoms with Crippen LogP contribution in [0.15, 0.2) is 18.2 Å². The van der Waals surface area contributed by atoms with Crippen LogP contribution in [0, 0.1) is 11.3 Å². The van der Waals surface area contributed by atoms with Crippen molar-refractivity contribution in [2.45, 2.75) is 52.0 Å². The van der Waals surface area contributed by atoms with E-state index in [9.17, 15) is 0 Å². The van der Waals surface area contributed by atoms with E-state index in [0.29, 0.717) is 5.41 Å². The number of rotatable bonds is 3. The van der Waals surface area contributed by atoms with Gasteiger partial charge in [-0.25, -0.2) is 0 Å². The molecule has 0 bridgehead atoms. The van der Waals surface area contributed by atoms with E-state index in [1.165, 1.54) is 12.8 Å². The largest absolute Gasteiger partial charge is 0.497 e. The number of hydrogen-bond acceptors (Lipinski definition) is 3. The van der Waals surface area contributed by atoms with E-state index in [-0.39, 0.29) is 5.54 Å². The van der Waals surface area contributed by atoms with Crippen molar-refractivity contribution in [3.63, 3.8) is 0 Å². The van der Waals surface area contributed by atoms with Crippen LogP contribution in [0.2, 0.25) is 0 Å². The Morgan fingerprint density at radius 1 is 1.00 bits per heavy atom. The molecule has 1 aromatic rings. The topological polar surface area (TPSA) is 44.5 Å². The third-order valence-corrected chi connectivity index (χ3v) is 5.03. The van der Waals surface area contributed by atoms with Crippen molar-refractivity contribution in [1.82, 2.24) is 0 Å². The maximum absolute atomic E-state index is 6.72. The second-order valence-electron chi connectivity index (χ2n) is 7.40. The highest BCUT2D eigenvalue weighted by molar-refractivity contribution is 5.41. The molecule has 0 aliphatic heterocycles. The van der Waals surface area contributed by atoms with Crippen LogP contribution in [-0.2, 0) is 5.54 Å². The van der Waals surface area contributed by atoms with Crippen LogP contribution in [-0.4, -0.2) is 14.2 Å². The Bertz CT molecular complexity index is 460. The average molecular weight is 291 g/mol. The van der Waals surface area contributed by atoms with Crippen molar-refractivity contribution in [2.24, 2.45) is 17.1 Å². The van der Waals surface area contributed by atoms with Crippen LogP contribution in [0.25, 0.3) is 0 Å². The molecule has 0 aromatic heterocycles. The molecule has 21 heavy (non-hydrogen) atoms. The highest BCUT2D eigenvalue weighted by atomic mass is 16.5. The average Bonchev–Trinajstić information content (AvgIpc) is 2.46. The van der Waals surface area contributed by atoms with Gasteiger partial charge in [0, 0.05) is 11.6 Å². The maximum atomic E-state index is 6.72. The van der Waals surface area contributed by atoms with Crippen LogP contribution in [0.1, 0.15) is 52.0 Å². The van der Waals surface area contributed by atoms with E-state index >= 15 is 0 Å². The first-order valence-electron chi connectivity index (χ1n) is 7.81. The summed E-state index contributed by atoms with van der Waals surface area (Å²) in [5, 5.41) is 0. The first-order chi connectivity index (χ1) is 9.78. The summed E-state index contributed by atoms with van der Waals surface area (Å²) >= 11 is 0. The quantitative estimate of drug-likeness (QED) is 0.912. The first kappa shape index (κ1) is 16.2. The second-order valence-corrected chi connectivity index (χ2v) is 7.40. The molecular weight excluding hydrogens is 262 g/mol. The summed E-state index contributed by atoms with van der Waals surface area (Å²) in [5.41, 5.74) is 7.96. The fraction of sp³-hybridized carbons (Fsp3) is 0.667. The van der Waals surface area contributed by atoms with E-state index in [4.69, 9.17) is 15.2 Å². The minimum atomic E-state index is -0.260. The summed E-state index contributed by atoms with van der Waals surface area (Å²) in [5.74, 6) is 2.38. The van der Waals surface area contributed by atoms with Gasteiger partial charge in [0.05, 0.1) is 14.2 Å². The standard InChI is InChI=1S/C18H29NO2/c1-17(2,3)13-6-8-18(19,9-7-13)14-10-15(20-4)12-16(11-14)21-5/h10-13H,6-9,19H2,1-5H3. The van der Waals surface area contributed by atoms with E-state index in [2.05, 4.69) is 32.9 Å². The van der Waals surface area contributed by atoms with E-state index in [1.807, 2.05) is 6.07 Å². The fourth-order valence-corrected chi connectivity index (χ4v) is 3.38. The van der Waals surface area contributed by atoms with Crippen molar-refractivity contribution in [3.8, 4) is 11.5 Å². The molecule has 1 fully saturated rings. The predicted octanol–water partition coefficient (Wildman–Crippen LogP) is 4.09. The van der Waals surface area contributed by atoms with Gasteiger partial charge >= 0.3 is 0 Å². The Kier molecular flexibility index (Phi) is 4.52. The molecule has 1 saturated carbocycles. The molecule has 3 heteroatoms. The fourth-order valence-electron chi connectivity index (χ4n) is 3.38. The molecule has 1 aliphatic carbocycles. The minimum Gasteiger partial charge on any atom is -0.497 e. The normalized spacial score (nSPS) is 26.5. The highest BCUT2D eigenvalue weighted by Gasteiger charge is 2.37. The smallest absolute Gasteiger partial charge is 0.122 e. The maximum Gasteiger partial charge on any atom is 0.122 e. The van der Waals surface area contributed by atoms with Gasteiger partial charge < -0.3 is 15.2 Å². The van der Waals surface area contributed by atoms with E-state index in [1.54, 1.807) is 14.2 Å². The van der Waals surface area contributed by atoms with E-state index in [0.717, 1.165) is 35.8 Å². The van der Waals surface area contributed by atoms with Crippen LogP contribution < -0.4 is 15.2 Å². The van der Waals surface area contributed by atoms with Gasteiger partial charge in [-0.05, 0) is 54.7 Å². The number of nitrogens with two attached hydrogens (primary N) is 1. The molecular formula is C18H29NO2. The zero-order chi connectivity index (χ0) is 15.7. The summed E-state index contributed by atoms with van der Waals surface area (Å²) in [6.45, 7) is 6.99. The summed E-state index contributed by atoms with van der Waals surface area (Å²) in [6.07, 6.45) is 4.40. The molecule has 1 aromatic carbocycles. The van der Waals surface area contributed by atoms with Gasteiger partial charge in [-0.15, -0.1) is 0 Å². The summed E-state index contributed by atoms with van der Waals surface area (Å²) in [4.78, 5) is 0. The molecule has 0 heterocycles. The van der Waals surface area contributed by atoms with E-state index < -0.39 is 0 Å². The SMILES string of the molecule is COc1cc(OC)cc(C2(N)CCC(C(C)(C)C)CC2)c1. The predicted molar refractivity (Wildman–Crippen MR) is 86.8 cm³/mol. The minimum absolute atomic E-state index is 0.260. The van der Waals surface area contributed by atoms with Crippen LogP contribution >= 0.6 is 0 Å². The lowest BCUT2D eigenvalue weighted by Gasteiger charge is -2.42. The van der Waals surface area contributed by atoms with Crippen molar-refractivity contribution in [1.29, 1.82) is 0 Å². The molecule has 0 amide bonds. The van der Waals surface area contributed by atoms with Crippen LogP contribution in [0.4, 0.5) is 0 Å². The Morgan fingerprint density at radius 2 is 1.48 bits per heavy atom. The second kappa shape index (κ2) is 5.88. The number of ether oxygens (including phenoxy) is 2. The van der Waals surface area contributed by atoms with Gasteiger partial charge in [-0.2, -0.15) is 0 Å². The zero-order valence-electron chi connectivity index (χ0n) is 14.0. The van der Waals surface area contributed by atoms with Crippen molar-refractivity contribution in [2.75, 3.05) is 14.2 Å².